The van der Waals surface area contributed by atoms with E-state index >= 15 is 0 Å². The summed E-state index contributed by atoms with van der Waals surface area (Å²) in [6, 6.07) is 4.49. The molecule has 17 heavy (non-hydrogen) atoms. The van der Waals surface area contributed by atoms with E-state index in [1.165, 1.54) is 12.1 Å². The monoisotopic (exact) mass is 261 g/mol. The van der Waals surface area contributed by atoms with E-state index in [2.05, 4.69) is 10.2 Å². The van der Waals surface area contributed by atoms with E-state index in [4.69, 9.17) is 17.3 Å². The standard InChI is InChI=1S/C10H7ClF3N3/c11-7-2-1-5(10(12,13)14)3-6(7)8-4-9(15)17-16-8/h1-4H,(H3,15,16,17). The van der Waals surface area contributed by atoms with Crippen LogP contribution in [0, 0.1) is 0 Å². The molecule has 2 aromatic rings. The van der Waals surface area contributed by atoms with Crippen LogP contribution in [-0.2, 0) is 6.18 Å². The lowest BCUT2D eigenvalue weighted by Gasteiger charge is -2.09. The van der Waals surface area contributed by atoms with Crippen LogP contribution in [0.2, 0.25) is 5.02 Å². The first-order chi connectivity index (χ1) is 7.88. The maximum absolute atomic E-state index is 12.5. The predicted octanol–water partition coefficient (Wildman–Crippen LogP) is 3.33. The second kappa shape index (κ2) is 3.96. The molecule has 0 amide bonds. The van der Waals surface area contributed by atoms with E-state index in [1.807, 2.05) is 0 Å². The molecule has 90 valence electrons. The van der Waals surface area contributed by atoms with Gasteiger partial charge in [-0.2, -0.15) is 18.3 Å². The number of nitrogen functional groups attached to an aromatic ring is 1. The third kappa shape index (κ3) is 2.36. The van der Waals surface area contributed by atoms with Gasteiger partial charge in [-0.1, -0.05) is 11.6 Å². The number of halogens is 4. The summed E-state index contributed by atoms with van der Waals surface area (Å²) in [5.74, 6) is 0.188. The van der Waals surface area contributed by atoms with Crippen molar-refractivity contribution in [3.05, 3.63) is 34.9 Å². The highest BCUT2D eigenvalue weighted by Crippen LogP contribution is 2.35. The zero-order valence-corrected chi connectivity index (χ0v) is 9.10. The minimum absolute atomic E-state index is 0.188. The molecule has 0 atom stereocenters. The van der Waals surface area contributed by atoms with Crippen LogP contribution in [0.3, 0.4) is 0 Å². The van der Waals surface area contributed by atoms with Gasteiger partial charge in [-0.3, -0.25) is 5.10 Å². The molecule has 2 rings (SSSR count). The van der Waals surface area contributed by atoms with Gasteiger partial charge in [0.25, 0.3) is 0 Å². The van der Waals surface area contributed by atoms with Crippen LogP contribution in [0.15, 0.2) is 24.3 Å². The first-order valence-electron chi connectivity index (χ1n) is 4.56. The predicted molar refractivity (Wildman–Crippen MR) is 58.4 cm³/mol. The molecule has 7 heteroatoms. The molecule has 0 spiro atoms. The Hall–Kier alpha value is -1.69. The SMILES string of the molecule is Nc1cc(-c2cc(C(F)(F)F)ccc2Cl)[nH]n1. The first-order valence-corrected chi connectivity index (χ1v) is 4.94. The Kier molecular flexibility index (Phi) is 2.74. The number of nitrogens with zero attached hydrogens (tertiary/aromatic N) is 1. The third-order valence-corrected chi connectivity index (χ3v) is 2.51. The van der Waals surface area contributed by atoms with Crippen molar-refractivity contribution in [2.45, 2.75) is 6.18 Å². The highest BCUT2D eigenvalue weighted by atomic mass is 35.5. The molecule has 0 aliphatic carbocycles. The Balaban J connectivity index is 2.54. The van der Waals surface area contributed by atoms with Gasteiger partial charge in [0.1, 0.15) is 5.82 Å². The van der Waals surface area contributed by atoms with E-state index in [0.29, 0.717) is 5.69 Å². The fourth-order valence-corrected chi connectivity index (χ4v) is 1.60. The normalized spacial score (nSPS) is 11.8. The molecule has 1 heterocycles. The molecule has 3 N–H and O–H groups in total. The number of nitrogens with one attached hydrogen (secondary N) is 1. The molecule has 1 aromatic carbocycles. The number of nitrogens with two attached hydrogens (primary N) is 1. The summed E-state index contributed by atoms with van der Waals surface area (Å²) in [4.78, 5) is 0. The first kappa shape index (κ1) is 11.8. The number of hydrogen-bond acceptors (Lipinski definition) is 2. The summed E-state index contributed by atoms with van der Waals surface area (Å²) >= 11 is 5.83. The van der Waals surface area contributed by atoms with Crippen LogP contribution >= 0.6 is 11.6 Å². The van der Waals surface area contributed by atoms with Crippen LogP contribution in [0.25, 0.3) is 11.3 Å². The average Bonchev–Trinajstić information content (AvgIpc) is 2.63. The van der Waals surface area contributed by atoms with Crippen molar-refractivity contribution in [1.82, 2.24) is 10.2 Å². The summed E-state index contributed by atoms with van der Waals surface area (Å²) in [5, 5.41) is 6.35. The van der Waals surface area contributed by atoms with E-state index < -0.39 is 11.7 Å². The molecular formula is C10H7ClF3N3. The fourth-order valence-electron chi connectivity index (χ4n) is 1.38. The molecule has 0 aliphatic heterocycles. The Bertz CT molecular complexity index is 548. The average molecular weight is 262 g/mol. The smallest absolute Gasteiger partial charge is 0.382 e. The number of aromatic amines is 1. The summed E-state index contributed by atoms with van der Waals surface area (Å²) in [5.41, 5.74) is 5.17. The van der Waals surface area contributed by atoms with E-state index in [1.54, 1.807) is 0 Å². The van der Waals surface area contributed by atoms with Gasteiger partial charge in [-0.25, -0.2) is 0 Å². The molecule has 0 saturated heterocycles. The van der Waals surface area contributed by atoms with Gasteiger partial charge < -0.3 is 5.73 Å². The zero-order chi connectivity index (χ0) is 12.6. The number of benzene rings is 1. The van der Waals surface area contributed by atoms with E-state index in [-0.39, 0.29) is 16.4 Å². The van der Waals surface area contributed by atoms with E-state index in [9.17, 15) is 13.2 Å². The summed E-state index contributed by atoms with van der Waals surface area (Å²) < 4.78 is 37.6. The molecule has 3 nitrogen and oxygen atoms in total. The second-order valence-electron chi connectivity index (χ2n) is 3.40. The van der Waals surface area contributed by atoms with Crippen molar-refractivity contribution in [3.8, 4) is 11.3 Å². The van der Waals surface area contributed by atoms with Crippen molar-refractivity contribution in [2.75, 3.05) is 5.73 Å². The lowest BCUT2D eigenvalue weighted by Crippen LogP contribution is -2.04. The fraction of sp³-hybridized carbons (Fsp3) is 0.100. The summed E-state index contributed by atoms with van der Waals surface area (Å²) in [6.07, 6.45) is -4.41. The molecule has 0 fully saturated rings. The zero-order valence-electron chi connectivity index (χ0n) is 8.35. The summed E-state index contributed by atoms with van der Waals surface area (Å²) in [7, 11) is 0. The van der Waals surface area contributed by atoms with Crippen LogP contribution in [0.1, 0.15) is 5.56 Å². The molecule has 0 saturated carbocycles. The molecule has 0 unspecified atom stereocenters. The largest absolute Gasteiger partial charge is 0.416 e. The van der Waals surface area contributed by atoms with Crippen LogP contribution in [0.4, 0.5) is 19.0 Å². The Morgan fingerprint density at radius 3 is 2.47 bits per heavy atom. The highest BCUT2D eigenvalue weighted by Gasteiger charge is 2.31. The number of hydrogen-bond donors (Lipinski definition) is 2. The van der Waals surface area contributed by atoms with Crippen LogP contribution in [-0.4, -0.2) is 10.2 Å². The van der Waals surface area contributed by atoms with Gasteiger partial charge >= 0.3 is 6.18 Å². The van der Waals surface area contributed by atoms with Crippen LogP contribution < -0.4 is 5.73 Å². The molecule has 0 aliphatic rings. The van der Waals surface area contributed by atoms with Gasteiger partial charge in [-0.05, 0) is 18.2 Å². The number of aromatic nitrogens is 2. The number of rotatable bonds is 1. The highest BCUT2D eigenvalue weighted by molar-refractivity contribution is 6.33. The van der Waals surface area contributed by atoms with E-state index in [0.717, 1.165) is 12.1 Å². The minimum atomic E-state index is -4.41. The Morgan fingerprint density at radius 1 is 1.24 bits per heavy atom. The second-order valence-corrected chi connectivity index (χ2v) is 3.81. The van der Waals surface area contributed by atoms with Crippen molar-refractivity contribution < 1.29 is 13.2 Å². The van der Waals surface area contributed by atoms with Gasteiger partial charge in [0.05, 0.1) is 11.3 Å². The molecular weight excluding hydrogens is 255 g/mol. The molecule has 1 aromatic heterocycles. The number of anilines is 1. The van der Waals surface area contributed by atoms with Crippen molar-refractivity contribution in [1.29, 1.82) is 0 Å². The summed E-state index contributed by atoms with van der Waals surface area (Å²) in [6.45, 7) is 0. The lowest BCUT2D eigenvalue weighted by atomic mass is 10.1. The number of alkyl halides is 3. The van der Waals surface area contributed by atoms with Gasteiger partial charge in [0.2, 0.25) is 0 Å². The minimum Gasteiger partial charge on any atom is -0.382 e. The van der Waals surface area contributed by atoms with Gasteiger partial charge in [0.15, 0.2) is 0 Å². The number of H-pyrrole nitrogens is 1. The lowest BCUT2D eigenvalue weighted by molar-refractivity contribution is -0.137. The molecule has 0 radical (unpaired) electrons. The van der Waals surface area contributed by atoms with Crippen LogP contribution in [0.5, 0.6) is 0 Å². The quantitative estimate of drug-likeness (QED) is 0.827. The Morgan fingerprint density at radius 2 is 1.94 bits per heavy atom. The molecule has 0 bridgehead atoms. The topological polar surface area (TPSA) is 54.7 Å². The van der Waals surface area contributed by atoms with Crippen molar-refractivity contribution in [2.24, 2.45) is 0 Å². The maximum atomic E-state index is 12.5. The van der Waals surface area contributed by atoms with Gasteiger partial charge in [-0.15, -0.1) is 0 Å². The maximum Gasteiger partial charge on any atom is 0.416 e. The third-order valence-electron chi connectivity index (χ3n) is 2.18. The Labute approximate surface area is 99.4 Å². The van der Waals surface area contributed by atoms with Crippen molar-refractivity contribution >= 4 is 17.4 Å². The van der Waals surface area contributed by atoms with Crippen molar-refractivity contribution in [3.63, 3.8) is 0 Å². The van der Waals surface area contributed by atoms with Gasteiger partial charge in [0, 0.05) is 16.7 Å².